The molecule has 0 aliphatic rings. The number of anilines is 3. The zero-order chi connectivity index (χ0) is 35.8. The second kappa shape index (κ2) is 13.4. The van der Waals surface area contributed by atoms with Gasteiger partial charge in [0, 0.05) is 33.5 Å². The van der Waals surface area contributed by atoms with Gasteiger partial charge in [0.25, 0.3) is 0 Å². The minimum atomic E-state index is 0.622. The first-order valence-corrected chi connectivity index (χ1v) is 18.2. The normalized spacial score (nSPS) is 11.3. The van der Waals surface area contributed by atoms with Crippen molar-refractivity contribution in [1.29, 1.82) is 0 Å². The Morgan fingerprint density at radius 3 is 1.48 bits per heavy atom. The van der Waals surface area contributed by atoms with Crippen molar-refractivity contribution in [2.24, 2.45) is 0 Å². The Kier molecular flexibility index (Phi) is 7.77. The van der Waals surface area contributed by atoms with Crippen LogP contribution in [0.2, 0.25) is 0 Å². The summed E-state index contributed by atoms with van der Waals surface area (Å²) < 4.78 is 6.81. The predicted molar refractivity (Wildman–Crippen MR) is 223 cm³/mol. The third kappa shape index (κ3) is 5.76. The van der Waals surface area contributed by atoms with E-state index in [2.05, 4.69) is 163 Å². The highest BCUT2D eigenvalue weighted by atomic mass is 16.3. The Bertz CT molecular complexity index is 2850. The van der Waals surface area contributed by atoms with Gasteiger partial charge in [0.2, 0.25) is 0 Å². The molecule has 4 heteroatoms. The molecule has 0 saturated heterocycles. The third-order valence-electron chi connectivity index (χ3n) is 10.0. The second-order valence-corrected chi connectivity index (χ2v) is 13.4. The molecule has 0 spiro atoms. The molecule has 10 aromatic rings. The number of fused-ring (bicyclic) bond motifs is 4. The van der Waals surface area contributed by atoms with Crippen LogP contribution in [0, 0.1) is 0 Å². The molecule has 0 aliphatic carbocycles. The number of aromatic nitrogens is 2. The molecule has 4 nitrogen and oxygen atoms in total. The lowest BCUT2D eigenvalue weighted by molar-refractivity contribution is 0.669. The van der Waals surface area contributed by atoms with Crippen LogP contribution in [0.15, 0.2) is 205 Å². The summed E-state index contributed by atoms with van der Waals surface area (Å²) in [5.41, 5.74) is 11.6. The van der Waals surface area contributed by atoms with Crippen LogP contribution in [0.3, 0.4) is 0 Å². The molecular weight excluding hydrogens is 659 g/mol. The molecule has 0 fully saturated rings. The molecule has 54 heavy (non-hydrogen) atoms. The Morgan fingerprint density at radius 2 is 0.870 bits per heavy atom. The van der Waals surface area contributed by atoms with Gasteiger partial charge in [-0.2, -0.15) is 0 Å². The van der Waals surface area contributed by atoms with E-state index in [1.807, 2.05) is 42.5 Å². The van der Waals surface area contributed by atoms with E-state index in [1.165, 1.54) is 5.56 Å². The zero-order valence-corrected chi connectivity index (χ0v) is 29.3. The van der Waals surface area contributed by atoms with Crippen molar-refractivity contribution < 1.29 is 4.42 Å². The lowest BCUT2D eigenvalue weighted by Gasteiger charge is -2.27. The Hall–Kier alpha value is -7.30. The van der Waals surface area contributed by atoms with Crippen molar-refractivity contribution >= 4 is 49.8 Å². The standard InChI is InChI=1S/C50H33N3O/c1-5-15-34(16-6-1)35-25-27-42(28-26-35)53(41-23-11-4-12-24-41)46-30-40(32-48-49(46)43-29-38-21-13-14-22-39(38)31-47(43)54-48)50-51-44(36-17-7-2-8-18-36)33-45(52-50)37-19-9-3-10-20-37/h1-33H. The van der Waals surface area contributed by atoms with Crippen LogP contribution in [0.25, 0.3) is 77.7 Å². The first kappa shape index (κ1) is 31.4. The summed E-state index contributed by atoms with van der Waals surface area (Å²) in [6.07, 6.45) is 0. The lowest BCUT2D eigenvalue weighted by atomic mass is 10.0. The van der Waals surface area contributed by atoms with Gasteiger partial charge in [-0.3, -0.25) is 0 Å². The zero-order valence-electron chi connectivity index (χ0n) is 29.3. The maximum absolute atomic E-state index is 6.81. The van der Waals surface area contributed by atoms with Gasteiger partial charge in [-0.1, -0.05) is 146 Å². The summed E-state index contributed by atoms with van der Waals surface area (Å²) in [4.78, 5) is 12.8. The molecule has 10 rings (SSSR count). The van der Waals surface area contributed by atoms with Gasteiger partial charge >= 0.3 is 0 Å². The van der Waals surface area contributed by atoms with E-state index in [1.54, 1.807) is 0 Å². The minimum Gasteiger partial charge on any atom is -0.456 e. The fraction of sp³-hybridized carbons (Fsp3) is 0. The molecule has 0 atom stereocenters. The molecule has 0 unspecified atom stereocenters. The predicted octanol–water partition coefficient (Wildman–Crippen LogP) is 13.7. The second-order valence-electron chi connectivity index (χ2n) is 13.4. The van der Waals surface area contributed by atoms with Crippen molar-refractivity contribution in [1.82, 2.24) is 9.97 Å². The van der Waals surface area contributed by atoms with E-state index in [4.69, 9.17) is 14.4 Å². The maximum atomic E-state index is 6.81. The smallest absolute Gasteiger partial charge is 0.160 e. The van der Waals surface area contributed by atoms with Crippen molar-refractivity contribution in [2.75, 3.05) is 4.90 Å². The van der Waals surface area contributed by atoms with Gasteiger partial charge in [0.1, 0.15) is 11.2 Å². The number of hydrogen-bond donors (Lipinski definition) is 0. The molecule has 254 valence electrons. The summed E-state index contributed by atoms with van der Waals surface area (Å²) in [6, 6.07) is 69.7. The molecule has 0 amide bonds. The molecule has 0 radical (unpaired) electrons. The maximum Gasteiger partial charge on any atom is 0.160 e. The van der Waals surface area contributed by atoms with Crippen LogP contribution in [-0.2, 0) is 0 Å². The number of rotatable bonds is 7. The first-order valence-electron chi connectivity index (χ1n) is 18.2. The quantitative estimate of drug-likeness (QED) is 0.167. The van der Waals surface area contributed by atoms with E-state index >= 15 is 0 Å². The van der Waals surface area contributed by atoms with Crippen LogP contribution < -0.4 is 4.90 Å². The highest BCUT2D eigenvalue weighted by molar-refractivity contribution is 6.17. The Balaban J connectivity index is 1.25. The largest absolute Gasteiger partial charge is 0.456 e. The van der Waals surface area contributed by atoms with Crippen molar-refractivity contribution in [3.05, 3.63) is 200 Å². The van der Waals surface area contributed by atoms with Gasteiger partial charge in [-0.15, -0.1) is 0 Å². The first-order chi connectivity index (χ1) is 26.7. The Morgan fingerprint density at radius 1 is 0.370 bits per heavy atom. The van der Waals surface area contributed by atoms with Crippen LogP contribution in [0.4, 0.5) is 17.1 Å². The molecule has 0 saturated carbocycles. The summed E-state index contributed by atoms with van der Waals surface area (Å²) in [6.45, 7) is 0. The van der Waals surface area contributed by atoms with E-state index in [0.29, 0.717) is 5.82 Å². The number of hydrogen-bond acceptors (Lipinski definition) is 4. The van der Waals surface area contributed by atoms with Crippen LogP contribution in [0.5, 0.6) is 0 Å². The molecule has 2 heterocycles. The number of benzene rings is 8. The monoisotopic (exact) mass is 691 g/mol. The van der Waals surface area contributed by atoms with Gasteiger partial charge < -0.3 is 9.32 Å². The number of para-hydroxylation sites is 1. The van der Waals surface area contributed by atoms with Gasteiger partial charge in [-0.25, -0.2) is 9.97 Å². The van der Waals surface area contributed by atoms with Crippen LogP contribution in [0.1, 0.15) is 0 Å². The van der Waals surface area contributed by atoms with Crippen LogP contribution >= 0.6 is 0 Å². The van der Waals surface area contributed by atoms with E-state index in [-0.39, 0.29) is 0 Å². The molecule has 8 aromatic carbocycles. The molecular formula is C50H33N3O. The fourth-order valence-corrected chi connectivity index (χ4v) is 7.40. The van der Waals surface area contributed by atoms with E-state index < -0.39 is 0 Å². The number of nitrogens with zero attached hydrogens (tertiary/aromatic N) is 3. The fourth-order valence-electron chi connectivity index (χ4n) is 7.40. The average Bonchev–Trinajstić information content (AvgIpc) is 3.61. The topological polar surface area (TPSA) is 42.2 Å². The third-order valence-corrected chi connectivity index (χ3v) is 10.0. The highest BCUT2D eigenvalue weighted by Crippen LogP contribution is 2.46. The molecule has 2 aromatic heterocycles. The van der Waals surface area contributed by atoms with Gasteiger partial charge in [0.05, 0.1) is 22.5 Å². The number of furan rings is 1. The molecule has 0 bridgehead atoms. The van der Waals surface area contributed by atoms with Crippen molar-refractivity contribution in [3.63, 3.8) is 0 Å². The van der Waals surface area contributed by atoms with Gasteiger partial charge in [-0.05, 0) is 76.5 Å². The van der Waals surface area contributed by atoms with Crippen molar-refractivity contribution in [3.8, 4) is 45.0 Å². The molecule has 0 aliphatic heterocycles. The summed E-state index contributed by atoms with van der Waals surface area (Å²) in [5.74, 6) is 0.622. The summed E-state index contributed by atoms with van der Waals surface area (Å²) in [7, 11) is 0. The van der Waals surface area contributed by atoms with Crippen molar-refractivity contribution in [2.45, 2.75) is 0 Å². The lowest BCUT2D eigenvalue weighted by Crippen LogP contribution is -2.10. The summed E-state index contributed by atoms with van der Waals surface area (Å²) in [5, 5.41) is 4.37. The highest BCUT2D eigenvalue weighted by Gasteiger charge is 2.23. The van der Waals surface area contributed by atoms with Crippen LogP contribution in [-0.4, -0.2) is 9.97 Å². The van der Waals surface area contributed by atoms with Gasteiger partial charge in [0.15, 0.2) is 5.82 Å². The summed E-state index contributed by atoms with van der Waals surface area (Å²) >= 11 is 0. The SMILES string of the molecule is c1ccc(-c2ccc(N(c3ccccc3)c3cc(-c4nc(-c5ccccc5)cc(-c5ccccc5)n4)cc4oc5cc6ccccc6cc5c34)cc2)cc1. The minimum absolute atomic E-state index is 0.622. The van der Waals surface area contributed by atoms with E-state index in [9.17, 15) is 0 Å². The average molecular weight is 692 g/mol. The van der Waals surface area contributed by atoms with E-state index in [0.717, 1.165) is 83.4 Å². The molecule has 0 N–H and O–H groups in total. The Labute approximate surface area is 313 Å².